The molecule has 1 unspecified atom stereocenters. The van der Waals surface area contributed by atoms with Gasteiger partial charge in [-0.05, 0) is 32.7 Å². The summed E-state index contributed by atoms with van der Waals surface area (Å²) in [5.74, 6) is 0.226. The van der Waals surface area contributed by atoms with Gasteiger partial charge in [0.15, 0.2) is 0 Å². The number of fused-ring (bicyclic) bond motifs is 3. The van der Waals surface area contributed by atoms with Crippen LogP contribution in [0.4, 0.5) is 11.6 Å². The van der Waals surface area contributed by atoms with Crippen molar-refractivity contribution in [3.05, 3.63) is 60.0 Å². The average Bonchev–Trinajstić information content (AvgIpc) is 2.89. The minimum atomic E-state index is -0.176. The molecule has 3 N–H and O–H groups in total. The second kappa shape index (κ2) is 9.09. The number of carbonyl (C=O) groups excluding carboxylic acids is 2. The molecule has 160 valence electrons. The summed E-state index contributed by atoms with van der Waals surface area (Å²) >= 11 is 0. The van der Waals surface area contributed by atoms with Crippen molar-refractivity contribution >= 4 is 23.5 Å². The minimum absolute atomic E-state index is 0.0310. The van der Waals surface area contributed by atoms with Gasteiger partial charge in [-0.3, -0.25) is 9.59 Å². The van der Waals surface area contributed by atoms with E-state index in [4.69, 9.17) is 0 Å². The van der Waals surface area contributed by atoms with Gasteiger partial charge in [-0.1, -0.05) is 30.4 Å². The molecule has 0 bridgehead atoms. The number of aromatic nitrogens is 2. The van der Waals surface area contributed by atoms with Crippen LogP contribution in [0.15, 0.2) is 54.4 Å². The van der Waals surface area contributed by atoms with E-state index in [-0.39, 0.29) is 24.2 Å². The fourth-order valence-electron chi connectivity index (χ4n) is 3.57. The van der Waals surface area contributed by atoms with Crippen molar-refractivity contribution in [2.45, 2.75) is 12.8 Å². The lowest BCUT2D eigenvalue weighted by atomic mass is 9.98. The molecule has 2 amide bonds. The molecule has 0 saturated carbocycles. The lowest BCUT2D eigenvalue weighted by Gasteiger charge is -2.18. The van der Waals surface area contributed by atoms with Crippen LogP contribution in [0.3, 0.4) is 0 Å². The maximum Gasteiger partial charge on any atom is 0.228 e. The Balaban J connectivity index is 1.45. The Morgan fingerprint density at radius 1 is 1.29 bits per heavy atom. The van der Waals surface area contributed by atoms with Gasteiger partial charge in [-0.2, -0.15) is 0 Å². The second-order valence-electron chi connectivity index (χ2n) is 7.92. The SMILES string of the molecule is CN(C)CCNC(=O)C1C=CC(Nc2ncc3c(n2)-c2ccccc2NC(=O)C3)=CC1. The standard InChI is InChI=1S/C23H26N6O2/c1-29(2)12-11-24-22(31)15-7-9-17(10-8-15)26-23-25-14-16-13-20(30)27-19-6-4-3-5-18(19)21(16)28-23/h3-7,9-10,14-15H,8,11-13H2,1-2H3,(H,24,31)(H,27,30)(H,25,26,28). The Bertz CT molecular complexity index is 1060. The first-order valence-electron chi connectivity index (χ1n) is 10.3. The van der Waals surface area contributed by atoms with Gasteiger partial charge in [0.25, 0.3) is 0 Å². The first-order chi connectivity index (χ1) is 15.0. The van der Waals surface area contributed by atoms with E-state index in [0.29, 0.717) is 18.9 Å². The van der Waals surface area contributed by atoms with Crippen LogP contribution in [0.2, 0.25) is 0 Å². The van der Waals surface area contributed by atoms with Crippen molar-refractivity contribution in [1.29, 1.82) is 0 Å². The Labute approximate surface area is 181 Å². The minimum Gasteiger partial charge on any atom is -0.354 e. The quantitative estimate of drug-likeness (QED) is 0.665. The number of benzene rings is 1. The fraction of sp³-hybridized carbons (Fsp3) is 0.304. The summed E-state index contributed by atoms with van der Waals surface area (Å²) in [5.41, 5.74) is 3.99. The number of amides is 2. The number of nitrogens with zero attached hydrogens (tertiary/aromatic N) is 3. The molecule has 0 saturated heterocycles. The molecule has 1 aliphatic carbocycles. The zero-order valence-corrected chi connectivity index (χ0v) is 17.7. The molecule has 1 aromatic carbocycles. The van der Waals surface area contributed by atoms with Gasteiger partial charge in [-0.25, -0.2) is 9.97 Å². The maximum atomic E-state index is 12.3. The van der Waals surface area contributed by atoms with Gasteiger partial charge in [-0.15, -0.1) is 0 Å². The summed E-state index contributed by atoms with van der Waals surface area (Å²) in [6.07, 6.45) is 8.30. The van der Waals surface area contributed by atoms with E-state index in [0.717, 1.165) is 34.8 Å². The molecule has 2 aliphatic rings. The molecule has 0 spiro atoms. The number of anilines is 2. The second-order valence-corrected chi connectivity index (χ2v) is 7.92. The van der Waals surface area contributed by atoms with Crippen molar-refractivity contribution in [2.24, 2.45) is 5.92 Å². The molecule has 0 fully saturated rings. The number of hydrogen-bond acceptors (Lipinski definition) is 6. The predicted octanol–water partition coefficient (Wildman–Crippen LogP) is 2.19. The molecule has 1 aromatic heterocycles. The average molecular weight is 419 g/mol. The van der Waals surface area contributed by atoms with Gasteiger partial charge in [0.1, 0.15) is 0 Å². The van der Waals surface area contributed by atoms with Gasteiger partial charge < -0.3 is 20.9 Å². The van der Waals surface area contributed by atoms with Crippen molar-refractivity contribution in [2.75, 3.05) is 37.8 Å². The summed E-state index contributed by atoms with van der Waals surface area (Å²) in [6, 6.07) is 7.62. The Hall–Kier alpha value is -3.52. The lowest BCUT2D eigenvalue weighted by Crippen LogP contribution is -2.35. The van der Waals surface area contributed by atoms with Crippen LogP contribution in [-0.4, -0.2) is 53.9 Å². The van der Waals surface area contributed by atoms with Gasteiger partial charge in [0.05, 0.1) is 23.7 Å². The lowest BCUT2D eigenvalue weighted by molar-refractivity contribution is -0.123. The van der Waals surface area contributed by atoms with Crippen LogP contribution in [0.25, 0.3) is 11.3 Å². The molecular formula is C23H26N6O2. The highest BCUT2D eigenvalue weighted by Gasteiger charge is 2.21. The third kappa shape index (κ3) is 4.97. The Morgan fingerprint density at radius 2 is 2.13 bits per heavy atom. The largest absolute Gasteiger partial charge is 0.354 e. The van der Waals surface area contributed by atoms with E-state index in [9.17, 15) is 9.59 Å². The molecule has 0 radical (unpaired) electrons. The summed E-state index contributed by atoms with van der Waals surface area (Å²) in [7, 11) is 3.95. The van der Waals surface area contributed by atoms with Gasteiger partial charge in [0, 0.05) is 36.1 Å². The van der Waals surface area contributed by atoms with E-state index in [1.165, 1.54) is 0 Å². The zero-order valence-electron chi connectivity index (χ0n) is 17.7. The van der Waals surface area contributed by atoms with Crippen molar-refractivity contribution in [3.63, 3.8) is 0 Å². The summed E-state index contributed by atoms with van der Waals surface area (Å²) in [6.45, 7) is 1.44. The third-order valence-electron chi connectivity index (χ3n) is 5.22. The normalized spacial score (nSPS) is 17.2. The number of nitrogens with one attached hydrogen (secondary N) is 3. The smallest absolute Gasteiger partial charge is 0.228 e. The highest BCUT2D eigenvalue weighted by Crippen LogP contribution is 2.32. The first kappa shape index (κ1) is 20.7. The maximum absolute atomic E-state index is 12.3. The van der Waals surface area contributed by atoms with Crippen molar-refractivity contribution < 1.29 is 9.59 Å². The molecule has 2 aromatic rings. The third-order valence-corrected chi connectivity index (χ3v) is 5.22. The van der Waals surface area contributed by atoms with Gasteiger partial charge in [0.2, 0.25) is 17.8 Å². The van der Waals surface area contributed by atoms with Crippen LogP contribution in [-0.2, 0) is 16.0 Å². The Kier molecular flexibility index (Phi) is 6.08. The monoisotopic (exact) mass is 418 g/mol. The molecule has 1 atom stereocenters. The number of hydrogen-bond donors (Lipinski definition) is 3. The predicted molar refractivity (Wildman–Crippen MR) is 120 cm³/mol. The van der Waals surface area contributed by atoms with E-state index in [1.54, 1.807) is 6.20 Å². The number of para-hydroxylation sites is 1. The molecular weight excluding hydrogens is 392 g/mol. The number of carbonyl (C=O) groups is 2. The molecule has 8 nitrogen and oxygen atoms in total. The number of likely N-dealkylation sites (N-methyl/N-ethyl adjacent to an activating group) is 1. The molecule has 2 heterocycles. The highest BCUT2D eigenvalue weighted by molar-refractivity contribution is 5.99. The topological polar surface area (TPSA) is 99.2 Å². The summed E-state index contributed by atoms with van der Waals surface area (Å²) in [5, 5.41) is 9.10. The molecule has 8 heteroatoms. The number of allylic oxidation sites excluding steroid dienone is 2. The highest BCUT2D eigenvalue weighted by atomic mass is 16.2. The first-order valence-corrected chi connectivity index (χ1v) is 10.3. The van der Waals surface area contributed by atoms with Crippen LogP contribution in [0, 0.1) is 5.92 Å². The van der Waals surface area contributed by atoms with Crippen LogP contribution in [0.5, 0.6) is 0 Å². The number of rotatable bonds is 6. The van der Waals surface area contributed by atoms with Crippen molar-refractivity contribution in [3.8, 4) is 11.3 Å². The van der Waals surface area contributed by atoms with E-state index in [2.05, 4.69) is 25.9 Å². The van der Waals surface area contributed by atoms with E-state index < -0.39 is 0 Å². The van der Waals surface area contributed by atoms with Crippen LogP contribution < -0.4 is 16.0 Å². The van der Waals surface area contributed by atoms with Crippen LogP contribution >= 0.6 is 0 Å². The van der Waals surface area contributed by atoms with E-state index in [1.807, 2.05) is 61.5 Å². The summed E-state index contributed by atoms with van der Waals surface area (Å²) < 4.78 is 0. The zero-order chi connectivity index (χ0) is 21.8. The molecule has 31 heavy (non-hydrogen) atoms. The molecule has 4 rings (SSSR count). The summed E-state index contributed by atoms with van der Waals surface area (Å²) in [4.78, 5) is 35.6. The Morgan fingerprint density at radius 3 is 2.90 bits per heavy atom. The van der Waals surface area contributed by atoms with Crippen molar-refractivity contribution in [1.82, 2.24) is 20.2 Å². The van der Waals surface area contributed by atoms with E-state index >= 15 is 0 Å². The fourth-order valence-corrected chi connectivity index (χ4v) is 3.57. The van der Waals surface area contributed by atoms with Crippen LogP contribution in [0.1, 0.15) is 12.0 Å². The van der Waals surface area contributed by atoms with Gasteiger partial charge >= 0.3 is 0 Å². The molecule has 1 aliphatic heterocycles.